The van der Waals surface area contributed by atoms with E-state index in [1.54, 1.807) is 10.8 Å². The number of hydrogen-bond donors (Lipinski definition) is 0. The molecule has 0 bridgehead atoms. The predicted molar refractivity (Wildman–Crippen MR) is 93.1 cm³/mol. The van der Waals surface area contributed by atoms with Crippen LogP contribution in [0, 0.1) is 0 Å². The fourth-order valence-corrected chi connectivity index (χ4v) is 4.40. The highest BCUT2D eigenvalue weighted by atomic mass is 28.2. The van der Waals surface area contributed by atoms with Crippen LogP contribution in [-0.2, 0) is 0 Å². The van der Waals surface area contributed by atoms with Gasteiger partial charge in [-0.1, -0.05) is 97.2 Å². The molecule has 0 heterocycles. The third kappa shape index (κ3) is 3.35. The summed E-state index contributed by atoms with van der Waals surface area (Å²) in [6, 6.07) is 19.9. The molecule has 0 spiro atoms. The summed E-state index contributed by atoms with van der Waals surface area (Å²) in [5, 5.41) is 2.98. The van der Waals surface area contributed by atoms with Crippen molar-refractivity contribution >= 4 is 19.9 Å². The van der Waals surface area contributed by atoms with E-state index in [9.17, 15) is 0 Å². The molecule has 2 aromatic carbocycles. The van der Waals surface area contributed by atoms with Gasteiger partial charge in [0.1, 0.15) is 9.52 Å². The number of rotatable bonds is 6. The molecule has 21 heavy (non-hydrogen) atoms. The average Bonchev–Trinajstić information content (AvgIpc) is 2.87. The van der Waals surface area contributed by atoms with Gasteiger partial charge in [-0.2, -0.15) is 0 Å². The number of hydrogen-bond acceptors (Lipinski definition) is 0. The molecule has 0 amide bonds. The molecule has 3 rings (SSSR count). The fourth-order valence-electron chi connectivity index (χ4n) is 3.09. The maximum Gasteiger partial charge on any atom is 0.121 e. The number of allylic oxidation sites excluding steroid dienone is 1. The van der Waals surface area contributed by atoms with Gasteiger partial charge >= 0.3 is 0 Å². The van der Waals surface area contributed by atoms with Gasteiger partial charge in [0.25, 0.3) is 0 Å². The molecule has 1 aliphatic carbocycles. The Morgan fingerprint density at radius 2 is 1.67 bits per heavy atom. The smallest absolute Gasteiger partial charge is 0.0772 e. The lowest BCUT2D eigenvalue weighted by atomic mass is 9.95. The number of fused-ring (bicyclic) bond motifs is 1. The molecule has 1 heteroatoms. The summed E-state index contributed by atoms with van der Waals surface area (Å²) in [7, 11) is 0.778. The third-order valence-electron chi connectivity index (χ3n) is 4.19. The average molecular weight is 290 g/mol. The van der Waals surface area contributed by atoms with Crippen molar-refractivity contribution in [1.82, 2.24) is 0 Å². The van der Waals surface area contributed by atoms with Gasteiger partial charge in [0.2, 0.25) is 0 Å². The second-order valence-electron chi connectivity index (χ2n) is 5.76. The summed E-state index contributed by atoms with van der Waals surface area (Å²) in [5.41, 5.74) is 3.04. The van der Waals surface area contributed by atoms with Crippen LogP contribution >= 0.6 is 0 Å². The molecule has 0 fully saturated rings. The Balaban J connectivity index is 1.81. The maximum absolute atomic E-state index is 2.53. The Bertz CT molecular complexity index is 613. The molecule has 0 aromatic heterocycles. The van der Waals surface area contributed by atoms with Crippen molar-refractivity contribution in [3.05, 3.63) is 71.8 Å². The fraction of sp³-hybridized carbons (Fsp3) is 0.300. The molecule has 1 atom stereocenters. The van der Waals surface area contributed by atoms with Gasteiger partial charge < -0.3 is 0 Å². The lowest BCUT2D eigenvalue weighted by Gasteiger charge is -2.10. The Labute approximate surface area is 130 Å². The molecule has 106 valence electrons. The van der Waals surface area contributed by atoms with Crippen LogP contribution in [0.4, 0.5) is 0 Å². The summed E-state index contributed by atoms with van der Waals surface area (Å²) in [5.74, 6) is 0.638. The van der Waals surface area contributed by atoms with E-state index in [0.717, 1.165) is 9.52 Å². The van der Waals surface area contributed by atoms with Crippen molar-refractivity contribution in [3.8, 4) is 0 Å². The van der Waals surface area contributed by atoms with E-state index < -0.39 is 0 Å². The minimum absolute atomic E-state index is 0.638. The van der Waals surface area contributed by atoms with Gasteiger partial charge in [-0.25, -0.2) is 0 Å². The summed E-state index contributed by atoms with van der Waals surface area (Å²) in [6.45, 7) is 2.28. The number of benzene rings is 2. The Hall–Kier alpha value is -1.60. The van der Waals surface area contributed by atoms with Gasteiger partial charge in [-0.15, -0.1) is 0 Å². The van der Waals surface area contributed by atoms with Crippen LogP contribution in [0.25, 0.3) is 5.20 Å². The second-order valence-corrected chi connectivity index (χ2v) is 7.13. The van der Waals surface area contributed by atoms with Gasteiger partial charge in [0, 0.05) is 5.92 Å². The molecule has 2 radical (unpaired) electrons. The van der Waals surface area contributed by atoms with Gasteiger partial charge in [0.15, 0.2) is 0 Å². The van der Waals surface area contributed by atoms with Gasteiger partial charge in [-0.05, 0) is 17.5 Å². The second kappa shape index (κ2) is 6.90. The first-order valence-electron chi connectivity index (χ1n) is 8.01. The Morgan fingerprint density at radius 3 is 2.48 bits per heavy atom. The minimum Gasteiger partial charge on any atom is -0.0772 e. The monoisotopic (exact) mass is 290 g/mol. The van der Waals surface area contributed by atoms with E-state index in [-0.39, 0.29) is 0 Å². The molecule has 2 aromatic rings. The van der Waals surface area contributed by atoms with E-state index in [1.807, 2.05) is 0 Å². The van der Waals surface area contributed by atoms with Crippen molar-refractivity contribution in [1.29, 1.82) is 0 Å². The van der Waals surface area contributed by atoms with E-state index in [1.165, 1.54) is 36.4 Å². The normalized spacial score (nSPS) is 16.6. The van der Waals surface area contributed by atoms with Crippen molar-refractivity contribution in [2.45, 2.75) is 38.5 Å². The lowest BCUT2D eigenvalue weighted by molar-refractivity contribution is 0.632. The first kappa shape index (κ1) is 14.3. The number of unbranched alkanes of at least 4 members (excludes halogenated alkanes) is 2. The summed E-state index contributed by atoms with van der Waals surface area (Å²) >= 11 is 0. The van der Waals surface area contributed by atoms with E-state index >= 15 is 0 Å². The molecule has 1 unspecified atom stereocenters. The van der Waals surface area contributed by atoms with Crippen molar-refractivity contribution in [3.63, 3.8) is 0 Å². The molecular weight excluding hydrogens is 268 g/mol. The topological polar surface area (TPSA) is 0 Å². The summed E-state index contributed by atoms with van der Waals surface area (Å²) < 4.78 is 0. The van der Waals surface area contributed by atoms with Crippen molar-refractivity contribution < 1.29 is 0 Å². The molecule has 0 saturated carbocycles. The molecule has 0 aliphatic heterocycles. The largest absolute Gasteiger partial charge is 0.121 e. The van der Waals surface area contributed by atoms with Crippen LogP contribution in [0.15, 0.2) is 60.7 Å². The first-order chi connectivity index (χ1) is 10.4. The third-order valence-corrected chi connectivity index (χ3v) is 5.52. The van der Waals surface area contributed by atoms with E-state index in [0.29, 0.717) is 5.92 Å². The Morgan fingerprint density at radius 1 is 0.905 bits per heavy atom. The van der Waals surface area contributed by atoms with Gasteiger partial charge in [0.05, 0.1) is 0 Å². The minimum atomic E-state index is 0.638. The molecule has 1 aliphatic rings. The van der Waals surface area contributed by atoms with Crippen LogP contribution in [0.5, 0.6) is 0 Å². The van der Waals surface area contributed by atoms with E-state index in [4.69, 9.17) is 0 Å². The first-order valence-corrected chi connectivity index (χ1v) is 9.01. The van der Waals surface area contributed by atoms with Crippen LogP contribution in [0.2, 0.25) is 0 Å². The van der Waals surface area contributed by atoms with E-state index in [2.05, 4.69) is 67.6 Å². The summed E-state index contributed by atoms with van der Waals surface area (Å²) in [6.07, 6.45) is 7.83. The quantitative estimate of drug-likeness (QED) is 0.533. The highest BCUT2D eigenvalue weighted by molar-refractivity contribution is 6.73. The molecular formula is C20H22Si. The zero-order chi connectivity index (χ0) is 14.5. The standard InChI is InChI=1S/C20H22Si/c1-2-3-5-10-16-15-20(19-14-9-8-13-18(16)19)21-17-11-6-4-7-12-17/h4,6-9,11-16H,2-3,5,10H2,1H3. The summed E-state index contributed by atoms with van der Waals surface area (Å²) in [4.78, 5) is 0. The molecule has 0 nitrogen and oxygen atoms in total. The maximum atomic E-state index is 2.53. The van der Waals surface area contributed by atoms with Gasteiger partial charge in [-0.3, -0.25) is 0 Å². The SMILES string of the molecule is CCCCCC1C=C([Si]c2ccccc2)c2ccccc21. The zero-order valence-corrected chi connectivity index (χ0v) is 13.7. The highest BCUT2D eigenvalue weighted by Gasteiger charge is 2.22. The molecule has 0 saturated heterocycles. The van der Waals surface area contributed by atoms with Crippen LogP contribution in [-0.4, -0.2) is 9.52 Å². The van der Waals surface area contributed by atoms with Crippen LogP contribution in [0.1, 0.15) is 49.7 Å². The Kier molecular flexibility index (Phi) is 4.71. The van der Waals surface area contributed by atoms with Crippen LogP contribution < -0.4 is 5.19 Å². The van der Waals surface area contributed by atoms with Crippen molar-refractivity contribution in [2.24, 2.45) is 0 Å². The highest BCUT2D eigenvalue weighted by Crippen LogP contribution is 2.38. The lowest BCUT2D eigenvalue weighted by Crippen LogP contribution is -2.14. The zero-order valence-electron chi connectivity index (χ0n) is 12.7. The van der Waals surface area contributed by atoms with Crippen molar-refractivity contribution in [2.75, 3.05) is 0 Å². The molecule has 0 N–H and O–H groups in total. The van der Waals surface area contributed by atoms with Crippen LogP contribution in [0.3, 0.4) is 0 Å². The predicted octanol–water partition coefficient (Wildman–Crippen LogP) is 4.73.